The highest BCUT2D eigenvalue weighted by Gasteiger charge is 2.29. The van der Waals surface area contributed by atoms with Gasteiger partial charge in [-0.05, 0) is 61.0 Å². The standard InChI is InChI=1S/C21H25N3O5S2/c1-15(24(31(3,26)27)17-6-10-18(28-2)11-7-17)21(25)23-22-12-16-4-8-19(9-5-16)29-20-13-30-14-20/h4-12,15,20H,13-14H2,1-3H3,(H,23,25)/b22-12-/t15-/m0/s1. The van der Waals surface area contributed by atoms with Crippen LogP contribution < -0.4 is 19.2 Å². The molecule has 1 amide bonds. The van der Waals surface area contributed by atoms with Gasteiger partial charge in [0, 0.05) is 11.5 Å². The first-order valence-electron chi connectivity index (χ1n) is 9.59. The van der Waals surface area contributed by atoms with Gasteiger partial charge in [-0.25, -0.2) is 13.8 Å². The van der Waals surface area contributed by atoms with E-state index in [1.807, 2.05) is 36.0 Å². The van der Waals surface area contributed by atoms with Crippen molar-refractivity contribution < 1.29 is 22.7 Å². The monoisotopic (exact) mass is 463 g/mol. The molecule has 0 aromatic heterocycles. The van der Waals surface area contributed by atoms with E-state index in [-0.39, 0.29) is 6.10 Å². The fraction of sp³-hybridized carbons (Fsp3) is 0.333. The third-order valence-electron chi connectivity index (χ3n) is 4.59. The molecular weight excluding hydrogens is 438 g/mol. The van der Waals surface area contributed by atoms with Gasteiger partial charge in [0.2, 0.25) is 10.0 Å². The molecule has 0 unspecified atom stereocenters. The molecule has 1 heterocycles. The van der Waals surface area contributed by atoms with Gasteiger partial charge in [0.25, 0.3) is 5.91 Å². The van der Waals surface area contributed by atoms with Crippen LogP contribution in [-0.4, -0.2) is 57.6 Å². The van der Waals surface area contributed by atoms with Crippen LogP contribution in [0.2, 0.25) is 0 Å². The van der Waals surface area contributed by atoms with E-state index in [9.17, 15) is 13.2 Å². The first-order valence-corrected chi connectivity index (χ1v) is 12.6. The highest BCUT2D eigenvalue weighted by molar-refractivity contribution is 8.00. The van der Waals surface area contributed by atoms with E-state index in [0.29, 0.717) is 11.4 Å². The van der Waals surface area contributed by atoms with Gasteiger partial charge < -0.3 is 9.47 Å². The summed E-state index contributed by atoms with van der Waals surface area (Å²) < 4.78 is 36.6. The molecule has 0 spiro atoms. The average Bonchev–Trinajstić information content (AvgIpc) is 2.71. The van der Waals surface area contributed by atoms with E-state index in [0.717, 1.165) is 33.4 Å². The van der Waals surface area contributed by atoms with Crippen molar-refractivity contribution in [3.8, 4) is 11.5 Å². The normalized spacial score (nSPS) is 15.2. The van der Waals surface area contributed by atoms with E-state index >= 15 is 0 Å². The molecule has 31 heavy (non-hydrogen) atoms. The van der Waals surface area contributed by atoms with Crippen LogP contribution in [0.3, 0.4) is 0 Å². The molecule has 0 saturated carbocycles. The number of rotatable bonds is 9. The van der Waals surface area contributed by atoms with Crippen molar-refractivity contribution in [3.05, 3.63) is 54.1 Å². The van der Waals surface area contributed by atoms with Gasteiger partial charge in [0.05, 0.1) is 25.3 Å². The second-order valence-electron chi connectivity index (χ2n) is 7.01. The Labute approximate surface area is 186 Å². The quantitative estimate of drug-likeness (QED) is 0.453. The zero-order chi connectivity index (χ0) is 22.4. The molecule has 1 N–H and O–H groups in total. The molecule has 8 nitrogen and oxygen atoms in total. The molecule has 1 fully saturated rings. The van der Waals surface area contributed by atoms with Gasteiger partial charge in [0.15, 0.2) is 0 Å². The van der Waals surface area contributed by atoms with E-state index in [1.165, 1.54) is 20.2 Å². The van der Waals surface area contributed by atoms with Crippen molar-refractivity contribution in [3.63, 3.8) is 0 Å². The van der Waals surface area contributed by atoms with E-state index in [1.54, 1.807) is 24.3 Å². The minimum Gasteiger partial charge on any atom is -0.497 e. The first kappa shape index (κ1) is 23.0. The fourth-order valence-electron chi connectivity index (χ4n) is 2.91. The van der Waals surface area contributed by atoms with E-state index in [2.05, 4.69) is 10.5 Å². The van der Waals surface area contributed by atoms with Crippen LogP contribution in [-0.2, 0) is 14.8 Å². The SMILES string of the molecule is COc1ccc(N([C@@H](C)C(=O)N/N=C\c2ccc(OC3CSC3)cc2)S(C)(=O)=O)cc1. The molecule has 10 heteroatoms. The Bertz CT molecular complexity index is 1020. The summed E-state index contributed by atoms with van der Waals surface area (Å²) in [6.45, 7) is 1.50. The van der Waals surface area contributed by atoms with Crippen LogP contribution in [0.15, 0.2) is 53.6 Å². The fourth-order valence-corrected chi connectivity index (χ4v) is 4.65. The highest BCUT2D eigenvalue weighted by Crippen LogP contribution is 2.25. The lowest BCUT2D eigenvalue weighted by Gasteiger charge is -2.27. The summed E-state index contributed by atoms with van der Waals surface area (Å²) >= 11 is 1.85. The Hall–Kier alpha value is -2.72. The van der Waals surface area contributed by atoms with Crippen molar-refractivity contribution >= 4 is 39.6 Å². The number of amides is 1. The van der Waals surface area contributed by atoms with Gasteiger partial charge in [-0.2, -0.15) is 16.9 Å². The maximum atomic E-state index is 12.6. The second-order valence-corrected chi connectivity index (χ2v) is 9.95. The number of hydrogen-bond donors (Lipinski definition) is 1. The number of hydrazone groups is 1. The summed E-state index contributed by atoms with van der Waals surface area (Å²) in [5, 5.41) is 3.96. The smallest absolute Gasteiger partial charge is 0.263 e. The molecule has 0 radical (unpaired) electrons. The van der Waals surface area contributed by atoms with Gasteiger partial charge in [-0.1, -0.05) is 0 Å². The molecule has 1 atom stereocenters. The van der Waals surface area contributed by atoms with Crippen LogP contribution in [0, 0.1) is 0 Å². The van der Waals surface area contributed by atoms with E-state index in [4.69, 9.17) is 9.47 Å². The first-order chi connectivity index (χ1) is 14.8. The van der Waals surface area contributed by atoms with Gasteiger partial charge in [0.1, 0.15) is 23.6 Å². The minimum atomic E-state index is -3.71. The molecule has 2 aromatic carbocycles. The van der Waals surface area contributed by atoms with Gasteiger partial charge >= 0.3 is 0 Å². The lowest BCUT2D eigenvalue weighted by Crippen LogP contribution is -2.46. The number of ether oxygens (including phenoxy) is 2. The molecule has 3 rings (SSSR count). The number of hydrogen-bond acceptors (Lipinski definition) is 7. The summed E-state index contributed by atoms with van der Waals surface area (Å²) in [5.41, 5.74) is 3.54. The van der Waals surface area contributed by atoms with Crippen molar-refractivity contribution in [2.75, 3.05) is 29.2 Å². The lowest BCUT2D eigenvalue weighted by atomic mass is 10.2. The van der Waals surface area contributed by atoms with E-state index < -0.39 is 22.0 Å². The largest absolute Gasteiger partial charge is 0.497 e. The summed E-state index contributed by atoms with van der Waals surface area (Å²) in [7, 11) is -2.19. The highest BCUT2D eigenvalue weighted by atomic mass is 32.2. The number of benzene rings is 2. The van der Waals surface area contributed by atoms with Crippen molar-refractivity contribution in [1.29, 1.82) is 0 Å². The predicted octanol–water partition coefficient (Wildman–Crippen LogP) is 2.49. The Morgan fingerprint density at radius 2 is 1.77 bits per heavy atom. The molecule has 2 aromatic rings. The zero-order valence-electron chi connectivity index (χ0n) is 17.5. The summed E-state index contributed by atoms with van der Waals surface area (Å²) in [5.74, 6) is 2.84. The molecule has 166 valence electrons. The second kappa shape index (κ2) is 10.1. The maximum Gasteiger partial charge on any atom is 0.263 e. The molecule has 1 saturated heterocycles. The molecule has 1 aliphatic heterocycles. The van der Waals surface area contributed by atoms with Gasteiger partial charge in [-0.15, -0.1) is 0 Å². The number of carbonyl (C=O) groups is 1. The number of nitrogens with one attached hydrogen (secondary N) is 1. The van der Waals surface area contributed by atoms with Crippen molar-refractivity contribution in [1.82, 2.24) is 5.43 Å². The van der Waals surface area contributed by atoms with Crippen molar-refractivity contribution in [2.45, 2.75) is 19.1 Å². The number of thioether (sulfide) groups is 1. The van der Waals surface area contributed by atoms with Crippen LogP contribution in [0.4, 0.5) is 5.69 Å². The molecule has 0 aliphatic carbocycles. The number of methoxy groups -OCH3 is 1. The number of sulfonamides is 1. The summed E-state index contributed by atoms with van der Waals surface area (Å²) in [4.78, 5) is 12.6. The molecule has 0 bridgehead atoms. The van der Waals surface area contributed by atoms with Crippen LogP contribution in [0.25, 0.3) is 0 Å². The third-order valence-corrected chi connectivity index (χ3v) is 7.05. The topological polar surface area (TPSA) is 97.3 Å². The van der Waals surface area contributed by atoms with Crippen LogP contribution >= 0.6 is 11.8 Å². The average molecular weight is 464 g/mol. The Morgan fingerprint density at radius 3 is 2.29 bits per heavy atom. The van der Waals surface area contributed by atoms with Crippen LogP contribution in [0.1, 0.15) is 12.5 Å². The Kier molecular flexibility index (Phi) is 7.45. The van der Waals surface area contributed by atoms with Crippen molar-refractivity contribution in [2.24, 2.45) is 5.10 Å². The number of nitrogens with zero attached hydrogens (tertiary/aromatic N) is 2. The Balaban J connectivity index is 1.63. The predicted molar refractivity (Wildman–Crippen MR) is 124 cm³/mol. The third kappa shape index (κ3) is 6.14. The van der Waals surface area contributed by atoms with Crippen LogP contribution in [0.5, 0.6) is 11.5 Å². The summed E-state index contributed by atoms with van der Waals surface area (Å²) in [6.07, 6.45) is 2.82. The maximum absolute atomic E-state index is 12.6. The molecular formula is C21H25N3O5S2. The number of anilines is 1. The van der Waals surface area contributed by atoms with Gasteiger partial charge in [-0.3, -0.25) is 9.10 Å². The lowest BCUT2D eigenvalue weighted by molar-refractivity contribution is -0.121. The summed E-state index contributed by atoms with van der Waals surface area (Å²) in [6, 6.07) is 12.8. The number of carbonyl (C=O) groups excluding carboxylic acids is 1. The minimum absolute atomic E-state index is 0.272. The molecule has 1 aliphatic rings. The zero-order valence-corrected chi connectivity index (χ0v) is 19.2. The Morgan fingerprint density at radius 1 is 1.16 bits per heavy atom.